The molecule has 0 aliphatic rings. The van der Waals surface area contributed by atoms with Gasteiger partial charge in [-0.15, -0.1) is 0 Å². The van der Waals surface area contributed by atoms with Gasteiger partial charge >= 0.3 is 6.03 Å². The third kappa shape index (κ3) is 8.88. The summed E-state index contributed by atoms with van der Waals surface area (Å²) in [6.45, 7) is 6.83. The Labute approximate surface area is 196 Å². The van der Waals surface area contributed by atoms with Gasteiger partial charge in [0.05, 0.1) is 11.2 Å². The van der Waals surface area contributed by atoms with E-state index in [0.717, 1.165) is 29.4 Å². The van der Waals surface area contributed by atoms with E-state index in [1.165, 1.54) is 19.3 Å². The van der Waals surface area contributed by atoms with E-state index < -0.39 is 16.1 Å². The molecule has 10 heteroatoms. The van der Waals surface area contributed by atoms with Gasteiger partial charge in [-0.3, -0.25) is 0 Å². The molecule has 0 aliphatic heterocycles. The van der Waals surface area contributed by atoms with Crippen molar-refractivity contribution >= 4 is 33.4 Å². The van der Waals surface area contributed by atoms with Gasteiger partial charge in [0, 0.05) is 19.5 Å². The fourth-order valence-corrected chi connectivity index (χ4v) is 4.33. The van der Waals surface area contributed by atoms with E-state index in [4.69, 9.17) is 22.4 Å². The third-order valence-electron chi connectivity index (χ3n) is 4.73. The van der Waals surface area contributed by atoms with Crippen molar-refractivity contribution in [2.24, 2.45) is 5.73 Å². The van der Waals surface area contributed by atoms with E-state index in [1.54, 1.807) is 36.1 Å². The van der Waals surface area contributed by atoms with Gasteiger partial charge in [0.25, 0.3) is 10.0 Å². The molecule has 0 saturated carbocycles. The van der Waals surface area contributed by atoms with Crippen LogP contribution < -0.4 is 21.1 Å². The molecule has 0 bridgehead atoms. The predicted molar refractivity (Wildman–Crippen MR) is 131 cm³/mol. The number of carbonyl (C=O) groups is 1. The van der Waals surface area contributed by atoms with Crippen molar-refractivity contribution in [3.05, 3.63) is 53.5 Å². The van der Waals surface area contributed by atoms with Crippen LogP contribution in [0.15, 0.2) is 45.9 Å². The number of aryl methyl sites for hydroxylation is 1. The number of hydrogen-bond donors (Lipinski definition) is 4. The van der Waals surface area contributed by atoms with Crippen molar-refractivity contribution in [3.8, 4) is 0 Å². The van der Waals surface area contributed by atoms with Crippen LogP contribution in [-0.4, -0.2) is 33.2 Å². The SMILES string of the molecule is CCC(c1ccc(C)c(S(=O)(=O)NC(N)=O)c1)c1ccco1.CCCCCNC(=S)NC. The standard InChI is InChI=1S/C15H18N2O4S.C7H16N2S/c1-3-12(13-5-4-8-21-13)11-7-6-10(2)14(9-11)22(19,20)17-15(16)18;1-3-4-5-6-9-7(10)8-2/h4-9,12H,3H2,1-2H3,(H3,16,17,18);3-6H2,1-2H3,(H2,8,9,10). The van der Waals surface area contributed by atoms with Gasteiger partial charge in [-0.1, -0.05) is 38.8 Å². The van der Waals surface area contributed by atoms with E-state index in [2.05, 4.69) is 17.6 Å². The fourth-order valence-electron chi connectivity index (χ4n) is 3.07. The summed E-state index contributed by atoms with van der Waals surface area (Å²) in [6.07, 6.45) is 6.07. The number of nitrogens with two attached hydrogens (primary N) is 1. The Bertz CT molecular complexity index is 960. The Morgan fingerprint density at radius 1 is 1.22 bits per heavy atom. The number of benzene rings is 1. The van der Waals surface area contributed by atoms with Crippen LogP contribution in [0.25, 0.3) is 0 Å². The largest absolute Gasteiger partial charge is 0.469 e. The first kappa shape index (κ1) is 27.4. The average Bonchev–Trinajstić information content (AvgIpc) is 3.26. The number of unbranched alkanes of at least 4 members (excludes halogenated alkanes) is 2. The first-order valence-corrected chi connectivity index (χ1v) is 12.5. The highest BCUT2D eigenvalue weighted by atomic mass is 32.2. The molecule has 2 rings (SSSR count). The van der Waals surface area contributed by atoms with E-state index in [1.807, 2.05) is 26.1 Å². The van der Waals surface area contributed by atoms with Crippen LogP contribution in [0.5, 0.6) is 0 Å². The van der Waals surface area contributed by atoms with Crippen molar-refractivity contribution in [2.45, 2.75) is 57.3 Å². The van der Waals surface area contributed by atoms with E-state index in [0.29, 0.717) is 5.56 Å². The molecule has 0 saturated heterocycles. The molecule has 8 nitrogen and oxygen atoms in total. The number of urea groups is 1. The van der Waals surface area contributed by atoms with Gasteiger partial charge in [0.2, 0.25) is 0 Å². The van der Waals surface area contributed by atoms with Gasteiger partial charge < -0.3 is 20.8 Å². The second-order valence-electron chi connectivity index (χ2n) is 7.18. The van der Waals surface area contributed by atoms with E-state index in [9.17, 15) is 13.2 Å². The van der Waals surface area contributed by atoms with Gasteiger partial charge in [-0.2, -0.15) is 0 Å². The number of amides is 2. The molecular weight excluding hydrogens is 448 g/mol. The second-order valence-corrected chi connectivity index (χ2v) is 9.24. The number of rotatable bonds is 9. The minimum atomic E-state index is -3.98. The maximum Gasteiger partial charge on any atom is 0.326 e. The minimum Gasteiger partial charge on any atom is -0.469 e. The van der Waals surface area contributed by atoms with Crippen molar-refractivity contribution in [1.82, 2.24) is 15.4 Å². The lowest BCUT2D eigenvalue weighted by Gasteiger charge is -2.15. The molecule has 1 atom stereocenters. The van der Waals surface area contributed by atoms with Crippen LogP contribution >= 0.6 is 12.2 Å². The number of hydrogen-bond acceptors (Lipinski definition) is 5. The Balaban J connectivity index is 0.000000433. The van der Waals surface area contributed by atoms with Crippen molar-refractivity contribution < 1.29 is 17.6 Å². The molecule has 32 heavy (non-hydrogen) atoms. The fraction of sp³-hybridized carbons (Fsp3) is 0.455. The molecular formula is C22H34N4O4S2. The van der Waals surface area contributed by atoms with E-state index in [-0.39, 0.29) is 10.8 Å². The van der Waals surface area contributed by atoms with Crippen LogP contribution in [0.2, 0.25) is 0 Å². The minimum absolute atomic E-state index is 0.0359. The lowest BCUT2D eigenvalue weighted by Crippen LogP contribution is -2.35. The predicted octanol–water partition coefficient (Wildman–Crippen LogP) is 3.76. The molecule has 0 spiro atoms. The summed E-state index contributed by atoms with van der Waals surface area (Å²) in [5.41, 5.74) is 6.26. The van der Waals surface area contributed by atoms with Crippen molar-refractivity contribution in [2.75, 3.05) is 13.6 Å². The maximum atomic E-state index is 12.2. The monoisotopic (exact) mass is 482 g/mol. The lowest BCUT2D eigenvalue weighted by molar-refractivity contribution is 0.253. The van der Waals surface area contributed by atoms with Crippen molar-refractivity contribution in [1.29, 1.82) is 0 Å². The summed E-state index contributed by atoms with van der Waals surface area (Å²) in [5, 5.41) is 6.70. The van der Waals surface area contributed by atoms with Crippen LogP contribution in [0.1, 0.15) is 62.3 Å². The zero-order valence-electron chi connectivity index (χ0n) is 19.1. The highest BCUT2D eigenvalue weighted by Crippen LogP contribution is 2.30. The second kappa shape index (κ2) is 13.7. The van der Waals surface area contributed by atoms with Crippen LogP contribution in [0, 0.1) is 6.92 Å². The summed E-state index contributed by atoms with van der Waals surface area (Å²) in [5.74, 6) is 0.704. The number of thiocarbonyl (C=S) groups is 1. The molecule has 1 aromatic heterocycles. The van der Waals surface area contributed by atoms with Crippen LogP contribution in [-0.2, 0) is 10.0 Å². The summed E-state index contributed by atoms with van der Waals surface area (Å²) in [4.78, 5) is 10.9. The maximum absolute atomic E-state index is 12.2. The zero-order chi connectivity index (χ0) is 24.1. The lowest BCUT2D eigenvalue weighted by atomic mass is 9.93. The number of sulfonamides is 1. The molecule has 2 aromatic rings. The molecule has 0 fully saturated rings. The third-order valence-corrected chi connectivity index (χ3v) is 6.56. The molecule has 5 N–H and O–H groups in total. The molecule has 0 aliphatic carbocycles. The molecule has 178 valence electrons. The Hall–Kier alpha value is -2.59. The highest BCUT2D eigenvalue weighted by Gasteiger charge is 2.22. The summed E-state index contributed by atoms with van der Waals surface area (Å²) < 4.78 is 31.6. The number of primary amides is 1. The Morgan fingerprint density at radius 2 is 1.94 bits per heavy atom. The average molecular weight is 483 g/mol. The molecule has 1 unspecified atom stereocenters. The summed E-state index contributed by atoms with van der Waals surface area (Å²) >= 11 is 4.88. The van der Waals surface area contributed by atoms with Crippen LogP contribution in [0.3, 0.4) is 0 Å². The Kier molecular flexibility index (Phi) is 11.8. The van der Waals surface area contributed by atoms with Gasteiger partial charge in [-0.05, 0) is 61.3 Å². The normalized spacial score (nSPS) is 11.6. The van der Waals surface area contributed by atoms with Gasteiger partial charge in [0.15, 0.2) is 5.11 Å². The number of carbonyl (C=O) groups excluding carboxylic acids is 1. The molecule has 2 amide bonds. The van der Waals surface area contributed by atoms with Crippen LogP contribution in [0.4, 0.5) is 4.79 Å². The quantitative estimate of drug-likeness (QED) is 0.317. The van der Waals surface area contributed by atoms with E-state index >= 15 is 0 Å². The summed E-state index contributed by atoms with van der Waals surface area (Å²) in [6, 6.07) is 7.65. The molecule has 0 radical (unpaired) electrons. The molecule has 1 heterocycles. The topological polar surface area (TPSA) is 126 Å². The number of furan rings is 1. The highest BCUT2D eigenvalue weighted by molar-refractivity contribution is 7.90. The smallest absolute Gasteiger partial charge is 0.326 e. The van der Waals surface area contributed by atoms with Gasteiger partial charge in [-0.25, -0.2) is 17.9 Å². The Morgan fingerprint density at radius 3 is 2.47 bits per heavy atom. The summed E-state index contributed by atoms with van der Waals surface area (Å²) in [7, 11) is -2.15. The number of nitrogens with one attached hydrogen (secondary N) is 3. The van der Waals surface area contributed by atoms with Gasteiger partial charge in [0.1, 0.15) is 5.76 Å². The zero-order valence-corrected chi connectivity index (χ0v) is 20.7. The molecule has 1 aromatic carbocycles. The first-order valence-electron chi connectivity index (χ1n) is 10.6. The van der Waals surface area contributed by atoms with Crippen molar-refractivity contribution in [3.63, 3.8) is 0 Å². The first-order chi connectivity index (χ1) is 15.2.